The van der Waals surface area contributed by atoms with E-state index in [0.29, 0.717) is 30.1 Å². The standard InChI is InChI=1S/C30H30N4O4/c1-21(22-12-4-2-5-13-22)38-30(37)32-28-29(36)34(20-26(35)33-18-10-11-19-33)25-17-9-8-16-24(25)27(31-28)23-14-6-3-7-15-23/h2-9,12-17,21,28H,10-11,18-20H2,1H3,(H,32,37)/t21?,28-/m0/s1. The van der Waals surface area contributed by atoms with E-state index in [-0.39, 0.29) is 12.5 Å². The summed E-state index contributed by atoms with van der Waals surface area (Å²) < 4.78 is 5.58. The number of benzene rings is 3. The Hall–Kier alpha value is -4.46. The van der Waals surface area contributed by atoms with Crippen LogP contribution in [0.3, 0.4) is 0 Å². The second-order valence-electron chi connectivity index (χ2n) is 9.38. The molecule has 2 aliphatic rings. The lowest BCUT2D eigenvalue weighted by atomic mass is 10.0. The highest BCUT2D eigenvalue weighted by molar-refractivity contribution is 6.20. The molecule has 194 valence electrons. The summed E-state index contributed by atoms with van der Waals surface area (Å²) in [6.45, 7) is 2.99. The zero-order valence-corrected chi connectivity index (χ0v) is 21.2. The van der Waals surface area contributed by atoms with Crippen molar-refractivity contribution < 1.29 is 19.1 Å². The Labute approximate surface area is 221 Å². The number of rotatable bonds is 6. The maximum absolute atomic E-state index is 13.9. The van der Waals surface area contributed by atoms with Crippen LogP contribution in [-0.2, 0) is 14.3 Å². The third kappa shape index (κ3) is 5.44. The molecule has 3 aromatic carbocycles. The van der Waals surface area contributed by atoms with Gasteiger partial charge in [-0.05, 0) is 31.4 Å². The molecule has 1 fully saturated rings. The molecule has 0 aromatic heterocycles. The van der Waals surface area contributed by atoms with Gasteiger partial charge in [0, 0.05) is 24.2 Å². The number of carbonyl (C=O) groups excluding carboxylic acids is 3. The number of amides is 3. The van der Waals surface area contributed by atoms with E-state index in [4.69, 9.17) is 9.73 Å². The van der Waals surface area contributed by atoms with Gasteiger partial charge in [0.2, 0.25) is 12.1 Å². The highest BCUT2D eigenvalue weighted by Gasteiger charge is 2.35. The number of alkyl carbamates (subject to hydrolysis) is 1. The molecule has 8 nitrogen and oxygen atoms in total. The van der Waals surface area contributed by atoms with Gasteiger partial charge < -0.3 is 9.64 Å². The maximum atomic E-state index is 13.9. The third-order valence-electron chi connectivity index (χ3n) is 6.81. The Bertz CT molecular complexity index is 1340. The fourth-order valence-corrected chi connectivity index (χ4v) is 4.81. The Kier molecular flexibility index (Phi) is 7.49. The molecule has 1 saturated heterocycles. The van der Waals surface area contributed by atoms with Crippen molar-refractivity contribution in [3.05, 3.63) is 102 Å². The lowest BCUT2D eigenvalue weighted by molar-refractivity contribution is -0.130. The van der Waals surface area contributed by atoms with Crippen LogP contribution in [0.5, 0.6) is 0 Å². The second kappa shape index (κ2) is 11.3. The number of likely N-dealkylation sites (tertiary alicyclic amines) is 1. The van der Waals surface area contributed by atoms with Crippen LogP contribution >= 0.6 is 0 Å². The molecule has 8 heteroatoms. The molecular formula is C30H30N4O4. The first kappa shape index (κ1) is 25.2. The third-order valence-corrected chi connectivity index (χ3v) is 6.81. The van der Waals surface area contributed by atoms with Gasteiger partial charge in [-0.25, -0.2) is 9.79 Å². The Morgan fingerprint density at radius 3 is 2.29 bits per heavy atom. The minimum Gasteiger partial charge on any atom is -0.442 e. The van der Waals surface area contributed by atoms with Crippen molar-refractivity contribution in [3.63, 3.8) is 0 Å². The van der Waals surface area contributed by atoms with Crippen molar-refractivity contribution in [1.29, 1.82) is 0 Å². The molecule has 3 amide bonds. The van der Waals surface area contributed by atoms with Gasteiger partial charge in [-0.15, -0.1) is 0 Å². The highest BCUT2D eigenvalue weighted by atomic mass is 16.6. The van der Waals surface area contributed by atoms with Crippen LogP contribution < -0.4 is 10.2 Å². The van der Waals surface area contributed by atoms with Crippen molar-refractivity contribution in [3.8, 4) is 0 Å². The monoisotopic (exact) mass is 510 g/mol. The smallest absolute Gasteiger partial charge is 0.409 e. The summed E-state index contributed by atoms with van der Waals surface area (Å²) in [5.41, 5.74) is 3.44. The van der Waals surface area contributed by atoms with E-state index in [0.717, 1.165) is 24.0 Å². The average Bonchev–Trinajstić information content (AvgIpc) is 3.47. The molecule has 0 radical (unpaired) electrons. The Morgan fingerprint density at radius 1 is 0.947 bits per heavy atom. The topological polar surface area (TPSA) is 91.3 Å². The number of benzodiazepines with no additional fused rings is 1. The van der Waals surface area contributed by atoms with Gasteiger partial charge in [0.15, 0.2) is 0 Å². The largest absolute Gasteiger partial charge is 0.442 e. The van der Waals surface area contributed by atoms with Crippen molar-refractivity contribution in [2.45, 2.75) is 32.0 Å². The molecule has 2 atom stereocenters. The Morgan fingerprint density at radius 2 is 1.58 bits per heavy atom. The number of ether oxygens (including phenoxy) is 1. The molecular weight excluding hydrogens is 480 g/mol. The normalized spacial score (nSPS) is 17.8. The molecule has 0 spiro atoms. The molecule has 2 aliphatic heterocycles. The van der Waals surface area contributed by atoms with Crippen molar-refractivity contribution in [1.82, 2.24) is 10.2 Å². The SMILES string of the molecule is CC(OC(=O)N[C@@H]1N=C(c2ccccc2)c2ccccc2N(CC(=O)N2CCCC2)C1=O)c1ccccc1. The quantitative estimate of drug-likeness (QED) is 0.535. The molecule has 5 rings (SSSR count). The van der Waals surface area contributed by atoms with Crippen molar-refractivity contribution in [2.24, 2.45) is 4.99 Å². The van der Waals surface area contributed by atoms with Gasteiger partial charge in [0.25, 0.3) is 5.91 Å². The van der Waals surface area contributed by atoms with Gasteiger partial charge >= 0.3 is 6.09 Å². The molecule has 2 heterocycles. The van der Waals surface area contributed by atoms with E-state index in [9.17, 15) is 14.4 Å². The highest BCUT2D eigenvalue weighted by Crippen LogP contribution is 2.29. The van der Waals surface area contributed by atoms with E-state index in [1.165, 1.54) is 4.90 Å². The van der Waals surface area contributed by atoms with Crippen LogP contribution in [0.25, 0.3) is 0 Å². The fraction of sp³-hybridized carbons (Fsp3) is 0.267. The molecule has 3 aromatic rings. The number of hydrogen-bond acceptors (Lipinski definition) is 5. The summed E-state index contributed by atoms with van der Waals surface area (Å²) in [5.74, 6) is -0.631. The minimum atomic E-state index is -1.28. The van der Waals surface area contributed by atoms with Gasteiger partial charge in [-0.3, -0.25) is 19.8 Å². The summed E-state index contributed by atoms with van der Waals surface area (Å²) in [6, 6.07) is 26.2. The molecule has 1 unspecified atom stereocenters. The summed E-state index contributed by atoms with van der Waals surface area (Å²) in [5, 5.41) is 2.65. The first-order chi connectivity index (χ1) is 18.5. The summed E-state index contributed by atoms with van der Waals surface area (Å²) in [4.78, 5) is 47.9. The first-order valence-electron chi connectivity index (χ1n) is 12.8. The van der Waals surface area contributed by atoms with Crippen LogP contribution in [0.2, 0.25) is 0 Å². The predicted octanol–water partition coefficient (Wildman–Crippen LogP) is 4.31. The number of nitrogens with zero attached hydrogens (tertiary/aromatic N) is 3. The van der Waals surface area contributed by atoms with Crippen LogP contribution in [0.15, 0.2) is 89.9 Å². The molecule has 38 heavy (non-hydrogen) atoms. The predicted molar refractivity (Wildman–Crippen MR) is 145 cm³/mol. The van der Waals surface area contributed by atoms with Gasteiger partial charge in [0.1, 0.15) is 12.6 Å². The number of hydrogen-bond donors (Lipinski definition) is 1. The van der Waals surface area contributed by atoms with Gasteiger partial charge in [0.05, 0.1) is 11.4 Å². The average molecular weight is 511 g/mol. The number of fused-ring (bicyclic) bond motifs is 1. The van der Waals surface area contributed by atoms with Crippen LogP contribution in [0.1, 0.15) is 42.6 Å². The Balaban J connectivity index is 1.48. The number of para-hydroxylation sites is 1. The molecule has 0 bridgehead atoms. The van der Waals surface area contributed by atoms with E-state index >= 15 is 0 Å². The van der Waals surface area contributed by atoms with Crippen LogP contribution in [-0.4, -0.2) is 54.3 Å². The number of aliphatic imine (C=N–C) groups is 1. The number of nitrogens with one attached hydrogen (secondary N) is 1. The second-order valence-corrected chi connectivity index (χ2v) is 9.38. The van der Waals surface area contributed by atoms with Gasteiger partial charge in [-0.2, -0.15) is 0 Å². The zero-order valence-electron chi connectivity index (χ0n) is 21.2. The summed E-state index contributed by atoms with van der Waals surface area (Å²) >= 11 is 0. The van der Waals surface area contributed by atoms with E-state index in [1.807, 2.05) is 78.9 Å². The fourth-order valence-electron chi connectivity index (χ4n) is 4.81. The number of anilines is 1. The van der Waals surface area contributed by atoms with E-state index < -0.39 is 24.3 Å². The summed E-state index contributed by atoms with van der Waals surface area (Å²) in [7, 11) is 0. The lowest BCUT2D eigenvalue weighted by Crippen LogP contribution is -2.50. The maximum Gasteiger partial charge on any atom is 0.409 e. The first-order valence-corrected chi connectivity index (χ1v) is 12.8. The minimum absolute atomic E-state index is 0.132. The van der Waals surface area contributed by atoms with Crippen LogP contribution in [0.4, 0.5) is 10.5 Å². The zero-order chi connectivity index (χ0) is 26.5. The van der Waals surface area contributed by atoms with Crippen molar-refractivity contribution >= 4 is 29.3 Å². The van der Waals surface area contributed by atoms with Crippen molar-refractivity contribution in [2.75, 3.05) is 24.5 Å². The summed E-state index contributed by atoms with van der Waals surface area (Å²) in [6.07, 6.45) is -0.674. The van der Waals surface area contributed by atoms with Gasteiger partial charge in [-0.1, -0.05) is 78.9 Å². The number of carbonyl (C=O) groups is 3. The molecule has 0 saturated carbocycles. The van der Waals surface area contributed by atoms with Crippen LogP contribution in [0, 0.1) is 0 Å². The van der Waals surface area contributed by atoms with E-state index in [2.05, 4.69) is 5.32 Å². The molecule has 0 aliphatic carbocycles. The van der Waals surface area contributed by atoms with E-state index in [1.54, 1.807) is 17.9 Å². The lowest BCUT2D eigenvalue weighted by Gasteiger charge is -2.27. The molecule has 1 N–H and O–H groups in total.